The van der Waals surface area contributed by atoms with Gasteiger partial charge >= 0.3 is 7.25 Å². The van der Waals surface area contributed by atoms with Gasteiger partial charge < -0.3 is 17.3 Å². The number of hydrogen-bond acceptors (Lipinski definition) is 0. The predicted octanol–water partition coefficient (Wildman–Crippen LogP) is 1.26. The standard InChI is InChI=1S/C3H8N.BF4/c1-4(2)3;2-1(3,4)5/h1H2,2-3H3;/q+1;-1. The van der Waals surface area contributed by atoms with Gasteiger partial charge in [0.2, 0.25) is 0 Å². The van der Waals surface area contributed by atoms with E-state index in [1.807, 2.05) is 14.1 Å². The Morgan fingerprint density at radius 3 is 1.11 bits per heavy atom. The fourth-order valence-electron chi connectivity index (χ4n) is 0. The zero-order chi connectivity index (χ0) is 8.08. The first-order valence-electron chi connectivity index (χ1n) is 2.08. The summed E-state index contributed by atoms with van der Waals surface area (Å²) in [5.74, 6) is 0. The number of hydrogen-bond donors (Lipinski definition) is 0. The van der Waals surface area contributed by atoms with E-state index in [9.17, 15) is 17.3 Å². The minimum absolute atomic E-state index is 1.75. The zero-order valence-electron chi connectivity index (χ0n) is 5.24. The van der Waals surface area contributed by atoms with Gasteiger partial charge in [-0.1, -0.05) is 0 Å². The molecule has 1 nitrogen and oxygen atoms in total. The zero-order valence-corrected chi connectivity index (χ0v) is 5.24. The van der Waals surface area contributed by atoms with Gasteiger partial charge in [-0.05, 0) is 0 Å². The van der Waals surface area contributed by atoms with E-state index in [4.69, 9.17) is 0 Å². The first-order valence-corrected chi connectivity index (χ1v) is 2.08. The van der Waals surface area contributed by atoms with E-state index < -0.39 is 7.25 Å². The number of nitrogens with zero attached hydrogens (tertiary/aromatic N) is 1. The Morgan fingerprint density at radius 1 is 1.11 bits per heavy atom. The minimum Gasteiger partial charge on any atom is -0.418 e. The maximum atomic E-state index is 9.75. The normalized spacial score (nSPS) is 9.56. The van der Waals surface area contributed by atoms with Crippen LogP contribution in [0.2, 0.25) is 0 Å². The molecule has 0 rings (SSSR count). The van der Waals surface area contributed by atoms with Crippen LogP contribution in [0.25, 0.3) is 0 Å². The van der Waals surface area contributed by atoms with Crippen LogP contribution in [0.4, 0.5) is 17.3 Å². The Morgan fingerprint density at radius 2 is 1.11 bits per heavy atom. The van der Waals surface area contributed by atoms with Crippen LogP contribution in [0.1, 0.15) is 0 Å². The van der Waals surface area contributed by atoms with Gasteiger partial charge in [0.05, 0.1) is 0 Å². The lowest BCUT2D eigenvalue weighted by Gasteiger charge is -1.94. The largest absolute Gasteiger partial charge is 0.673 e. The van der Waals surface area contributed by atoms with Crippen LogP contribution >= 0.6 is 0 Å². The van der Waals surface area contributed by atoms with Crippen molar-refractivity contribution >= 4 is 14.0 Å². The number of rotatable bonds is 0. The predicted molar refractivity (Wildman–Crippen MR) is 29.4 cm³/mol. The quantitative estimate of drug-likeness (QED) is 0.209. The highest BCUT2D eigenvalue weighted by atomic mass is 19.5. The topological polar surface area (TPSA) is 3.01 Å². The molecule has 0 aromatic heterocycles. The molecule has 0 unspecified atom stereocenters. The van der Waals surface area contributed by atoms with Crippen molar-refractivity contribution in [3.63, 3.8) is 0 Å². The van der Waals surface area contributed by atoms with Crippen LogP contribution in [-0.4, -0.2) is 32.6 Å². The van der Waals surface area contributed by atoms with Crippen LogP contribution in [0.5, 0.6) is 0 Å². The molecule has 0 amide bonds. The lowest BCUT2D eigenvalue weighted by atomic mass is 10.3. The summed E-state index contributed by atoms with van der Waals surface area (Å²) in [4.78, 5) is 0. The van der Waals surface area contributed by atoms with E-state index in [0.717, 1.165) is 0 Å². The monoisotopic (exact) mass is 145 g/mol. The summed E-state index contributed by atoms with van der Waals surface area (Å²) in [5.41, 5.74) is 0. The second-order valence-electron chi connectivity index (χ2n) is 1.57. The summed E-state index contributed by atoms with van der Waals surface area (Å²) in [5, 5.41) is 0. The van der Waals surface area contributed by atoms with Gasteiger partial charge in [0.15, 0.2) is 0 Å². The van der Waals surface area contributed by atoms with Crippen molar-refractivity contribution in [2.45, 2.75) is 0 Å². The van der Waals surface area contributed by atoms with Crippen molar-refractivity contribution in [3.8, 4) is 0 Å². The molecular formula is C3H8BF4N. The number of halogens is 4. The Balaban J connectivity index is 0. The van der Waals surface area contributed by atoms with Crippen LogP contribution in [-0.2, 0) is 0 Å². The van der Waals surface area contributed by atoms with Crippen molar-refractivity contribution in [3.05, 3.63) is 0 Å². The molecule has 0 aromatic carbocycles. The third kappa shape index (κ3) is 747. The van der Waals surface area contributed by atoms with Crippen LogP contribution < -0.4 is 0 Å². The summed E-state index contributed by atoms with van der Waals surface area (Å²) >= 11 is 0. The molecule has 0 radical (unpaired) electrons. The van der Waals surface area contributed by atoms with Gasteiger partial charge in [-0.25, -0.2) is 4.58 Å². The van der Waals surface area contributed by atoms with Crippen molar-refractivity contribution in [1.29, 1.82) is 0 Å². The molecule has 56 valence electrons. The molecule has 0 bridgehead atoms. The summed E-state index contributed by atoms with van der Waals surface area (Å²) in [7, 11) is -2.22. The van der Waals surface area contributed by atoms with E-state index in [-0.39, 0.29) is 0 Å². The maximum Gasteiger partial charge on any atom is 0.673 e. The Hall–Kier alpha value is -0.545. The van der Waals surface area contributed by atoms with Crippen molar-refractivity contribution in [2.75, 3.05) is 14.1 Å². The van der Waals surface area contributed by atoms with Gasteiger partial charge in [0, 0.05) is 0 Å². The summed E-state index contributed by atoms with van der Waals surface area (Å²) in [6.45, 7) is 3.47. The summed E-state index contributed by atoms with van der Waals surface area (Å²) in [6.07, 6.45) is 0. The fraction of sp³-hybridized carbons (Fsp3) is 0.667. The summed E-state index contributed by atoms with van der Waals surface area (Å²) in [6, 6.07) is 0. The molecule has 0 aliphatic heterocycles. The van der Waals surface area contributed by atoms with Crippen LogP contribution in [0.15, 0.2) is 0 Å². The van der Waals surface area contributed by atoms with Crippen LogP contribution in [0, 0.1) is 0 Å². The highest BCUT2D eigenvalue weighted by Gasteiger charge is 2.20. The van der Waals surface area contributed by atoms with Gasteiger partial charge in [-0.3, -0.25) is 0 Å². The second kappa shape index (κ2) is 4.35. The van der Waals surface area contributed by atoms with Crippen molar-refractivity contribution < 1.29 is 21.8 Å². The lowest BCUT2D eigenvalue weighted by molar-refractivity contribution is -0.454. The average molecular weight is 145 g/mol. The second-order valence-corrected chi connectivity index (χ2v) is 1.57. The smallest absolute Gasteiger partial charge is 0.418 e. The average Bonchev–Trinajstić information content (AvgIpc) is 1.19. The molecule has 0 aromatic rings. The molecule has 0 spiro atoms. The first-order chi connectivity index (χ1) is 3.73. The van der Waals surface area contributed by atoms with Gasteiger partial charge in [-0.2, -0.15) is 0 Å². The third-order valence-corrected chi connectivity index (χ3v) is 0. The molecule has 0 saturated heterocycles. The highest BCUT2D eigenvalue weighted by Crippen LogP contribution is 2.06. The fourth-order valence-corrected chi connectivity index (χ4v) is 0. The van der Waals surface area contributed by atoms with E-state index in [1.54, 1.807) is 4.58 Å². The third-order valence-electron chi connectivity index (χ3n) is 0. The molecule has 0 atom stereocenters. The molecule has 0 heterocycles. The van der Waals surface area contributed by atoms with Crippen molar-refractivity contribution in [2.24, 2.45) is 0 Å². The van der Waals surface area contributed by atoms with E-state index in [0.29, 0.717) is 0 Å². The van der Waals surface area contributed by atoms with E-state index >= 15 is 0 Å². The molecule has 6 heteroatoms. The molecular weight excluding hydrogens is 137 g/mol. The summed E-state index contributed by atoms with van der Waals surface area (Å²) < 4.78 is 40.8. The maximum absolute atomic E-state index is 9.75. The first kappa shape index (κ1) is 11.3. The minimum atomic E-state index is -6.00. The molecule has 0 aliphatic carbocycles. The van der Waals surface area contributed by atoms with Gasteiger partial charge in [0.1, 0.15) is 20.8 Å². The Kier molecular flexibility index (Phi) is 5.44. The van der Waals surface area contributed by atoms with E-state index in [1.165, 1.54) is 0 Å². The Labute approximate surface area is 51.1 Å². The molecule has 9 heavy (non-hydrogen) atoms. The van der Waals surface area contributed by atoms with Gasteiger partial charge in [0.25, 0.3) is 0 Å². The van der Waals surface area contributed by atoms with E-state index in [2.05, 4.69) is 6.72 Å². The van der Waals surface area contributed by atoms with Gasteiger partial charge in [-0.15, -0.1) is 0 Å². The molecule has 0 aliphatic rings. The highest BCUT2D eigenvalue weighted by molar-refractivity contribution is 6.50. The molecule has 0 N–H and O–H groups in total. The molecule has 0 fully saturated rings. The van der Waals surface area contributed by atoms with Crippen molar-refractivity contribution in [1.82, 2.24) is 0 Å². The van der Waals surface area contributed by atoms with Crippen LogP contribution in [0.3, 0.4) is 0 Å². The molecule has 0 saturated carbocycles. The lowest BCUT2D eigenvalue weighted by Crippen LogP contribution is -2.02. The SMILES string of the molecule is C=[N+](C)C.F[B-](F)(F)F. The Bertz CT molecular complexity index is 78.3.